The molecule has 30 heavy (non-hydrogen) atoms. The molecule has 0 bridgehead atoms. The number of rotatable bonds is 7. The first-order chi connectivity index (χ1) is 13.9. The van der Waals surface area contributed by atoms with Crippen LogP contribution in [0.15, 0.2) is 52.5 Å². The monoisotopic (exact) mass is 451 g/mol. The van der Waals surface area contributed by atoms with Gasteiger partial charge in [0.2, 0.25) is 10.0 Å². The zero-order chi connectivity index (χ0) is 22.5. The van der Waals surface area contributed by atoms with Gasteiger partial charge in [0.05, 0.1) is 29.8 Å². The molecule has 2 rings (SSSR count). The van der Waals surface area contributed by atoms with Crippen molar-refractivity contribution < 1.29 is 17.9 Å². The van der Waals surface area contributed by atoms with E-state index in [-0.39, 0.29) is 15.3 Å². The third-order valence-electron chi connectivity index (χ3n) is 4.38. The molecule has 0 atom stereocenters. The Bertz CT molecular complexity index is 1030. The molecule has 2 aromatic carbocycles. The highest BCUT2D eigenvalue weighted by molar-refractivity contribution is 7.89. The molecule has 0 aliphatic heterocycles. The van der Waals surface area contributed by atoms with Gasteiger partial charge in [-0.25, -0.2) is 13.8 Å². The Balaban J connectivity index is 1.98. The van der Waals surface area contributed by atoms with Crippen molar-refractivity contribution in [2.75, 3.05) is 20.7 Å². The lowest BCUT2D eigenvalue weighted by Gasteiger charge is -2.18. The SMILES string of the molecule is COc1ccc(S(=O)(=O)N(C)CC(=O)N/N=C/c2ccc(C(C)(C)C)cc2)cc1Cl. The van der Waals surface area contributed by atoms with E-state index >= 15 is 0 Å². The minimum atomic E-state index is -3.90. The van der Waals surface area contributed by atoms with Crippen LogP contribution < -0.4 is 10.2 Å². The smallest absolute Gasteiger partial charge is 0.255 e. The maximum Gasteiger partial charge on any atom is 0.255 e. The van der Waals surface area contributed by atoms with Crippen LogP contribution in [-0.2, 0) is 20.2 Å². The molecule has 1 N–H and O–H groups in total. The molecule has 1 amide bonds. The second-order valence-electron chi connectivity index (χ2n) is 7.72. The number of carbonyl (C=O) groups is 1. The molecule has 0 unspecified atom stereocenters. The summed E-state index contributed by atoms with van der Waals surface area (Å²) in [6.07, 6.45) is 1.50. The van der Waals surface area contributed by atoms with Gasteiger partial charge >= 0.3 is 0 Å². The summed E-state index contributed by atoms with van der Waals surface area (Å²) < 4.78 is 31.2. The maximum atomic E-state index is 12.6. The minimum Gasteiger partial charge on any atom is -0.495 e. The highest BCUT2D eigenvalue weighted by Gasteiger charge is 2.24. The van der Waals surface area contributed by atoms with Crippen LogP contribution in [0.2, 0.25) is 5.02 Å². The van der Waals surface area contributed by atoms with Gasteiger partial charge in [-0.2, -0.15) is 9.41 Å². The molecule has 0 aliphatic carbocycles. The van der Waals surface area contributed by atoms with Crippen molar-refractivity contribution in [2.45, 2.75) is 31.1 Å². The van der Waals surface area contributed by atoms with Crippen molar-refractivity contribution in [3.63, 3.8) is 0 Å². The third-order valence-corrected chi connectivity index (χ3v) is 6.47. The van der Waals surface area contributed by atoms with Crippen molar-refractivity contribution >= 4 is 33.7 Å². The Kier molecular flexibility index (Phi) is 7.63. The number of nitrogens with one attached hydrogen (secondary N) is 1. The van der Waals surface area contributed by atoms with Crippen LogP contribution in [0.3, 0.4) is 0 Å². The van der Waals surface area contributed by atoms with Crippen molar-refractivity contribution in [2.24, 2.45) is 5.10 Å². The van der Waals surface area contributed by atoms with Crippen LogP contribution >= 0.6 is 11.6 Å². The summed E-state index contributed by atoms with van der Waals surface area (Å²) in [5, 5.41) is 4.06. The fourth-order valence-electron chi connectivity index (χ4n) is 2.56. The summed E-state index contributed by atoms with van der Waals surface area (Å²) in [7, 11) is -1.15. The second-order valence-corrected chi connectivity index (χ2v) is 10.2. The van der Waals surface area contributed by atoms with Crippen molar-refractivity contribution in [3.05, 3.63) is 58.6 Å². The number of halogens is 1. The molecule has 0 fully saturated rings. The number of benzene rings is 2. The molecule has 0 spiro atoms. The van der Waals surface area contributed by atoms with E-state index in [1.54, 1.807) is 0 Å². The molecule has 0 heterocycles. The molecule has 0 aliphatic rings. The summed E-state index contributed by atoms with van der Waals surface area (Å²) in [6, 6.07) is 11.9. The predicted molar refractivity (Wildman–Crippen MR) is 119 cm³/mol. The Morgan fingerprint density at radius 3 is 2.37 bits per heavy atom. The van der Waals surface area contributed by atoms with Gasteiger partial charge in [0, 0.05) is 7.05 Å². The van der Waals surface area contributed by atoms with Crippen molar-refractivity contribution in [1.29, 1.82) is 0 Å². The molecule has 0 radical (unpaired) electrons. The van der Waals surface area contributed by atoms with E-state index in [2.05, 4.69) is 31.3 Å². The summed E-state index contributed by atoms with van der Waals surface area (Å²) in [5.41, 5.74) is 4.39. The van der Waals surface area contributed by atoms with Gasteiger partial charge in [0.1, 0.15) is 5.75 Å². The number of nitrogens with zero attached hydrogens (tertiary/aromatic N) is 2. The van der Waals surface area contributed by atoms with E-state index in [1.165, 1.54) is 44.1 Å². The second kappa shape index (κ2) is 9.59. The minimum absolute atomic E-state index is 0.0361. The number of amides is 1. The zero-order valence-corrected chi connectivity index (χ0v) is 19.2. The fourth-order valence-corrected chi connectivity index (χ4v) is 4.03. The quantitative estimate of drug-likeness (QED) is 0.516. The number of sulfonamides is 1. The van der Waals surface area contributed by atoms with Crippen LogP contribution in [0.5, 0.6) is 5.75 Å². The molecular formula is C21H26ClN3O4S. The number of hydrogen-bond donors (Lipinski definition) is 1. The Morgan fingerprint density at radius 1 is 1.20 bits per heavy atom. The van der Waals surface area contributed by atoms with Crippen LogP contribution in [0.4, 0.5) is 0 Å². The number of hydrogen-bond acceptors (Lipinski definition) is 5. The topological polar surface area (TPSA) is 88.1 Å². The largest absolute Gasteiger partial charge is 0.495 e. The normalized spacial score (nSPS) is 12.4. The van der Waals surface area contributed by atoms with Crippen LogP contribution in [-0.4, -0.2) is 45.5 Å². The maximum absolute atomic E-state index is 12.6. The number of hydrazone groups is 1. The lowest BCUT2D eigenvalue weighted by molar-refractivity contribution is -0.121. The molecule has 9 heteroatoms. The average Bonchev–Trinajstić information content (AvgIpc) is 2.67. The first kappa shape index (κ1) is 23.9. The standard InChI is InChI=1S/C21H26ClN3O4S/c1-21(2,3)16-8-6-15(7-9-16)13-23-24-20(26)14-25(4)30(27,28)17-10-11-19(29-5)18(22)12-17/h6-13H,14H2,1-5H3,(H,24,26)/b23-13+. The van der Waals surface area contributed by atoms with Crippen LogP contribution in [0, 0.1) is 0 Å². The van der Waals surface area contributed by atoms with Gasteiger partial charge < -0.3 is 4.74 Å². The number of methoxy groups -OCH3 is 1. The lowest BCUT2D eigenvalue weighted by Crippen LogP contribution is -2.36. The molecule has 0 saturated heterocycles. The summed E-state index contributed by atoms with van der Waals surface area (Å²) in [5.74, 6) is -0.205. The Labute approximate surface area is 182 Å². The molecule has 162 valence electrons. The number of carbonyl (C=O) groups excluding carboxylic acids is 1. The summed E-state index contributed by atoms with van der Waals surface area (Å²) in [4.78, 5) is 12.1. The van der Waals surface area contributed by atoms with E-state index < -0.39 is 22.5 Å². The van der Waals surface area contributed by atoms with Crippen LogP contribution in [0.25, 0.3) is 0 Å². The predicted octanol–water partition coefficient (Wildman–Crippen LogP) is 3.42. The number of ether oxygens (including phenoxy) is 1. The lowest BCUT2D eigenvalue weighted by atomic mass is 9.87. The van der Waals surface area contributed by atoms with Gasteiger partial charge in [-0.15, -0.1) is 0 Å². The summed E-state index contributed by atoms with van der Waals surface area (Å²) >= 11 is 6.00. The number of likely N-dealkylation sites (N-methyl/N-ethyl adjacent to an activating group) is 1. The Hall–Kier alpha value is -2.42. The highest BCUT2D eigenvalue weighted by atomic mass is 35.5. The molecule has 0 aromatic heterocycles. The van der Waals surface area contributed by atoms with Gasteiger partial charge in [0.15, 0.2) is 0 Å². The zero-order valence-electron chi connectivity index (χ0n) is 17.6. The van der Waals surface area contributed by atoms with Crippen LogP contribution in [0.1, 0.15) is 31.9 Å². The van der Waals surface area contributed by atoms with E-state index in [1.807, 2.05) is 24.3 Å². The first-order valence-corrected chi connectivity index (χ1v) is 11.0. The van der Waals surface area contributed by atoms with E-state index in [9.17, 15) is 13.2 Å². The third kappa shape index (κ3) is 6.04. The summed E-state index contributed by atoms with van der Waals surface area (Å²) in [6.45, 7) is 5.98. The Morgan fingerprint density at radius 2 is 1.83 bits per heavy atom. The van der Waals surface area contributed by atoms with E-state index in [0.29, 0.717) is 5.75 Å². The molecule has 7 nitrogen and oxygen atoms in total. The van der Waals surface area contributed by atoms with Gasteiger partial charge in [0.25, 0.3) is 5.91 Å². The molecular weight excluding hydrogens is 426 g/mol. The van der Waals surface area contributed by atoms with Crippen molar-refractivity contribution in [1.82, 2.24) is 9.73 Å². The average molecular weight is 452 g/mol. The van der Waals surface area contributed by atoms with E-state index in [0.717, 1.165) is 9.87 Å². The fraction of sp³-hybridized carbons (Fsp3) is 0.333. The molecule has 0 saturated carbocycles. The highest BCUT2D eigenvalue weighted by Crippen LogP contribution is 2.28. The van der Waals surface area contributed by atoms with Crippen molar-refractivity contribution in [3.8, 4) is 5.75 Å². The van der Waals surface area contributed by atoms with Gasteiger partial charge in [-0.05, 0) is 34.7 Å². The van der Waals surface area contributed by atoms with Gasteiger partial charge in [-0.1, -0.05) is 56.6 Å². The first-order valence-electron chi connectivity index (χ1n) is 9.17. The molecule has 2 aromatic rings. The van der Waals surface area contributed by atoms with Gasteiger partial charge in [-0.3, -0.25) is 4.79 Å². The van der Waals surface area contributed by atoms with E-state index in [4.69, 9.17) is 16.3 Å².